The minimum absolute atomic E-state index is 0.00391. The molecular weight excluding hydrogens is 370 g/mol. The summed E-state index contributed by atoms with van der Waals surface area (Å²) >= 11 is 0. The first-order valence-electron chi connectivity index (χ1n) is 9.46. The lowest BCUT2D eigenvalue weighted by Gasteiger charge is -2.32. The predicted octanol–water partition coefficient (Wildman–Crippen LogP) is 3.43. The van der Waals surface area contributed by atoms with E-state index in [1.807, 2.05) is 60.7 Å². The minimum atomic E-state index is -0.386. The van der Waals surface area contributed by atoms with Crippen LogP contribution in [0.5, 0.6) is 5.75 Å². The number of hydrogen-bond acceptors (Lipinski definition) is 5. The first-order chi connectivity index (χ1) is 14.2. The Hall–Kier alpha value is -3.38. The summed E-state index contributed by atoms with van der Waals surface area (Å²) in [6.07, 6.45) is 1.00. The van der Waals surface area contributed by atoms with Gasteiger partial charge in [-0.05, 0) is 11.1 Å². The maximum Gasteiger partial charge on any atom is 0.289 e. The van der Waals surface area contributed by atoms with E-state index in [0.717, 1.165) is 11.1 Å². The van der Waals surface area contributed by atoms with Gasteiger partial charge in [-0.25, -0.2) is 0 Å². The number of amides is 1. The van der Waals surface area contributed by atoms with Gasteiger partial charge in [0.2, 0.25) is 11.2 Å². The lowest BCUT2D eigenvalue weighted by Crippen LogP contribution is -2.42. The highest BCUT2D eigenvalue weighted by Crippen LogP contribution is 2.23. The van der Waals surface area contributed by atoms with E-state index in [1.54, 1.807) is 4.90 Å². The van der Waals surface area contributed by atoms with Crippen LogP contribution in [-0.2, 0) is 11.3 Å². The second-order valence-electron chi connectivity index (χ2n) is 6.77. The first-order valence-corrected chi connectivity index (χ1v) is 9.46. The van der Waals surface area contributed by atoms with Crippen LogP contribution in [0.4, 0.5) is 0 Å². The maximum atomic E-state index is 12.8. The van der Waals surface area contributed by atoms with Crippen molar-refractivity contribution >= 4 is 5.91 Å². The molecule has 6 nitrogen and oxygen atoms in total. The van der Waals surface area contributed by atoms with Crippen molar-refractivity contribution in [2.75, 3.05) is 19.7 Å². The van der Waals surface area contributed by atoms with Crippen LogP contribution in [0, 0.1) is 0 Å². The molecule has 0 saturated carbocycles. The number of nitrogens with zero attached hydrogens (tertiary/aromatic N) is 1. The van der Waals surface area contributed by atoms with Gasteiger partial charge in [0.25, 0.3) is 5.91 Å². The van der Waals surface area contributed by atoms with Crippen molar-refractivity contribution in [3.63, 3.8) is 0 Å². The molecular formula is C23H21NO5. The molecule has 1 aliphatic heterocycles. The Kier molecular flexibility index (Phi) is 5.72. The average molecular weight is 391 g/mol. The summed E-state index contributed by atoms with van der Waals surface area (Å²) in [4.78, 5) is 26.8. The molecule has 4 rings (SSSR count). The molecule has 1 saturated heterocycles. The summed E-state index contributed by atoms with van der Waals surface area (Å²) in [5.41, 5.74) is 1.56. The summed E-state index contributed by atoms with van der Waals surface area (Å²) < 4.78 is 16.7. The van der Waals surface area contributed by atoms with Crippen LogP contribution in [-0.4, -0.2) is 30.5 Å². The van der Waals surface area contributed by atoms with Crippen molar-refractivity contribution in [2.45, 2.75) is 12.7 Å². The molecule has 0 spiro atoms. The van der Waals surface area contributed by atoms with Crippen molar-refractivity contribution in [3.05, 3.63) is 100 Å². The number of hydrogen-bond donors (Lipinski definition) is 0. The minimum Gasteiger partial charge on any atom is -0.482 e. The van der Waals surface area contributed by atoms with Gasteiger partial charge in [0.15, 0.2) is 5.76 Å². The van der Waals surface area contributed by atoms with Gasteiger partial charge < -0.3 is 18.8 Å². The third kappa shape index (κ3) is 4.55. The van der Waals surface area contributed by atoms with Crippen molar-refractivity contribution in [3.8, 4) is 5.75 Å². The molecule has 1 unspecified atom stereocenters. The van der Waals surface area contributed by atoms with Gasteiger partial charge in [0, 0.05) is 12.6 Å². The molecule has 3 aromatic rings. The quantitative estimate of drug-likeness (QED) is 0.667. The molecule has 0 radical (unpaired) electrons. The molecule has 1 aliphatic rings. The van der Waals surface area contributed by atoms with Crippen molar-refractivity contribution in [1.29, 1.82) is 0 Å². The van der Waals surface area contributed by atoms with E-state index >= 15 is 0 Å². The van der Waals surface area contributed by atoms with E-state index in [1.165, 1.54) is 12.3 Å². The fraction of sp³-hybridized carbons (Fsp3) is 0.217. The molecule has 0 aliphatic carbocycles. The van der Waals surface area contributed by atoms with E-state index < -0.39 is 0 Å². The monoisotopic (exact) mass is 391 g/mol. The second kappa shape index (κ2) is 8.75. The Balaban J connectivity index is 1.43. The van der Waals surface area contributed by atoms with E-state index in [4.69, 9.17) is 13.9 Å². The van der Waals surface area contributed by atoms with E-state index in [0.29, 0.717) is 19.7 Å². The van der Waals surface area contributed by atoms with Gasteiger partial charge in [-0.3, -0.25) is 9.59 Å². The smallest absolute Gasteiger partial charge is 0.289 e. The van der Waals surface area contributed by atoms with Crippen molar-refractivity contribution in [2.24, 2.45) is 0 Å². The SMILES string of the molecule is O=C(c1cc(=O)c(OCc2ccccc2)co1)N1CCOC(c2ccccc2)C1. The fourth-order valence-corrected chi connectivity index (χ4v) is 3.21. The number of ether oxygens (including phenoxy) is 2. The van der Waals surface area contributed by atoms with Crippen LogP contribution < -0.4 is 10.2 Å². The van der Waals surface area contributed by atoms with Gasteiger partial charge in [-0.1, -0.05) is 60.7 Å². The lowest BCUT2D eigenvalue weighted by atomic mass is 10.1. The third-order valence-corrected chi connectivity index (χ3v) is 4.77. The first kappa shape index (κ1) is 19.0. The zero-order valence-electron chi connectivity index (χ0n) is 15.8. The Morgan fingerprint density at radius 2 is 1.79 bits per heavy atom. The molecule has 1 aromatic heterocycles. The van der Waals surface area contributed by atoms with Crippen LogP contribution in [0.25, 0.3) is 0 Å². The molecule has 2 aromatic carbocycles. The summed E-state index contributed by atoms with van der Waals surface area (Å²) in [6.45, 7) is 1.52. The Labute approximate surface area is 168 Å². The van der Waals surface area contributed by atoms with Crippen LogP contribution in [0.3, 0.4) is 0 Å². The number of carbonyl (C=O) groups is 1. The van der Waals surface area contributed by atoms with E-state index in [9.17, 15) is 9.59 Å². The highest BCUT2D eigenvalue weighted by Gasteiger charge is 2.27. The fourth-order valence-electron chi connectivity index (χ4n) is 3.21. The molecule has 1 atom stereocenters. The molecule has 29 heavy (non-hydrogen) atoms. The number of morpholine rings is 1. The number of benzene rings is 2. The lowest BCUT2D eigenvalue weighted by molar-refractivity contribution is -0.0238. The van der Waals surface area contributed by atoms with Crippen LogP contribution in [0.1, 0.15) is 27.8 Å². The van der Waals surface area contributed by atoms with Gasteiger partial charge in [-0.2, -0.15) is 0 Å². The number of rotatable bonds is 5. The maximum absolute atomic E-state index is 12.8. The van der Waals surface area contributed by atoms with Gasteiger partial charge in [0.05, 0.1) is 13.2 Å². The molecule has 2 heterocycles. The molecule has 1 amide bonds. The third-order valence-electron chi connectivity index (χ3n) is 4.77. The van der Waals surface area contributed by atoms with Crippen LogP contribution in [0.15, 0.2) is 82.2 Å². The highest BCUT2D eigenvalue weighted by molar-refractivity contribution is 5.91. The van der Waals surface area contributed by atoms with Gasteiger partial charge in [0.1, 0.15) is 19.0 Å². The molecule has 0 bridgehead atoms. The normalized spacial score (nSPS) is 16.4. The molecule has 6 heteroatoms. The van der Waals surface area contributed by atoms with E-state index in [-0.39, 0.29) is 35.6 Å². The largest absolute Gasteiger partial charge is 0.482 e. The zero-order valence-corrected chi connectivity index (χ0v) is 15.8. The Morgan fingerprint density at radius 3 is 2.52 bits per heavy atom. The summed E-state index contributed by atoms with van der Waals surface area (Å²) in [5.74, 6) is -0.258. The van der Waals surface area contributed by atoms with E-state index in [2.05, 4.69) is 0 Å². The topological polar surface area (TPSA) is 69.0 Å². The Morgan fingerprint density at radius 1 is 1.07 bits per heavy atom. The van der Waals surface area contributed by atoms with Gasteiger partial charge >= 0.3 is 0 Å². The summed E-state index contributed by atoms with van der Waals surface area (Å²) in [7, 11) is 0. The average Bonchev–Trinajstić information content (AvgIpc) is 2.79. The van der Waals surface area contributed by atoms with Gasteiger partial charge in [-0.15, -0.1) is 0 Å². The molecule has 148 valence electrons. The highest BCUT2D eigenvalue weighted by atomic mass is 16.5. The standard InChI is InChI=1S/C23H21NO5/c25-19-13-20(29-16-22(19)28-15-17-7-3-1-4-8-17)23(26)24-11-12-27-21(14-24)18-9-5-2-6-10-18/h1-10,13,16,21H,11-12,14-15H2. The summed E-state index contributed by atoms with van der Waals surface area (Å²) in [6, 6.07) is 20.5. The molecule has 0 N–H and O–H groups in total. The second-order valence-corrected chi connectivity index (χ2v) is 6.77. The Bertz CT molecular complexity index is 1020. The predicted molar refractivity (Wildman–Crippen MR) is 107 cm³/mol. The number of carbonyl (C=O) groups excluding carboxylic acids is 1. The zero-order chi connectivity index (χ0) is 20.1. The van der Waals surface area contributed by atoms with Crippen LogP contribution >= 0.6 is 0 Å². The van der Waals surface area contributed by atoms with Crippen LogP contribution in [0.2, 0.25) is 0 Å². The molecule has 1 fully saturated rings. The summed E-state index contributed by atoms with van der Waals surface area (Å²) in [5, 5.41) is 0. The van der Waals surface area contributed by atoms with Crippen molar-refractivity contribution in [1.82, 2.24) is 4.90 Å². The van der Waals surface area contributed by atoms with Crippen molar-refractivity contribution < 1.29 is 18.7 Å².